The highest BCUT2D eigenvalue weighted by molar-refractivity contribution is 6.01. The fourth-order valence-corrected chi connectivity index (χ4v) is 3.61. The van der Waals surface area contributed by atoms with E-state index in [1.165, 1.54) is 16.5 Å². The maximum absolute atomic E-state index is 12.7. The van der Waals surface area contributed by atoms with Crippen LogP contribution >= 0.6 is 0 Å². The molecule has 1 N–H and O–H groups in total. The first-order valence-corrected chi connectivity index (χ1v) is 9.14. The summed E-state index contributed by atoms with van der Waals surface area (Å²) in [7, 11) is 0. The second kappa shape index (κ2) is 6.96. The lowest BCUT2D eigenvalue weighted by Crippen LogP contribution is -2.32. The van der Waals surface area contributed by atoms with Crippen LogP contribution in [0.1, 0.15) is 22.3 Å². The Bertz CT molecular complexity index is 1240. The second-order valence-corrected chi connectivity index (χ2v) is 7.11. The van der Waals surface area contributed by atoms with Gasteiger partial charge in [-0.1, -0.05) is 29.8 Å². The lowest BCUT2D eigenvalue weighted by molar-refractivity contribution is -0.121. The third kappa shape index (κ3) is 3.17. The van der Waals surface area contributed by atoms with Crippen LogP contribution in [0.5, 0.6) is 0 Å². The minimum atomic E-state index is -0.362. The maximum Gasteiger partial charge on any atom is 0.297 e. The molecule has 0 unspecified atom stereocenters. The smallest absolute Gasteiger partial charge is 0.297 e. The zero-order valence-electron chi connectivity index (χ0n) is 16.1. The number of hydrogen-bond donors (Lipinski definition) is 1. The number of rotatable bonds is 4. The van der Waals surface area contributed by atoms with Crippen LogP contribution in [-0.2, 0) is 17.9 Å². The summed E-state index contributed by atoms with van der Waals surface area (Å²) in [5.74, 6) is -0.251. The van der Waals surface area contributed by atoms with E-state index < -0.39 is 0 Å². The fourth-order valence-electron chi connectivity index (χ4n) is 3.61. The summed E-state index contributed by atoms with van der Waals surface area (Å²) >= 11 is 0. The van der Waals surface area contributed by atoms with Crippen LogP contribution in [0, 0.1) is 20.8 Å². The number of nitrogens with zero attached hydrogens (tertiary/aromatic N) is 2. The Labute approximate surface area is 161 Å². The number of nitrogens with one attached hydrogen (secondary N) is 1. The van der Waals surface area contributed by atoms with Crippen LogP contribution in [-0.4, -0.2) is 15.5 Å². The topological polar surface area (TPSA) is 77.1 Å². The molecule has 0 radical (unpaired) electrons. The van der Waals surface area contributed by atoms with Gasteiger partial charge in [0.2, 0.25) is 11.5 Å². The van der Waals surface area contributed by atoms with Crippen molar-refractivity contribution in [2.45, 2.75) is 33.9 Å². The van der Waals surface area contributed by atoms with Crippen molar-refractivity contribution in [1.29, 1.82) is 0 Å². The second-order valence-electron chi connectivity index (χ2n) is 7.11. The van der Waals surface area contributed by atoms with Crippen molar-refractivity contribution in [1.82, 2.24) is 14.9 Å². The van der Waals surface area contributed by atoms with Gasteiger partial charge in [-0.15, -0.1) is 0 Å². The molecule has 2 heterocycles. The number of furan rings is 1. The molecule has 1 amide bonds. The molecule has 2 aromatic carbocycles. The Morgan fingerprint density at radius 1 is 1.14 bits per heavy atom. The van der Waals surface area contributed by atoms with Gasteiger partial charge in [0.1, 0.15) is 17.6 Å². The molecule has 28 heavy (non-hydrogen) atoms. The van der Waals surface area contributed by atoms with Crippen LogP contribution in [0.3, 0.4) is 0 Å². The van der Waals surface area contributed by atoms with Gasteiger partial charge in [0.25, 0.3) is 5.56 Å². The minimum absolute atomic E-state index is 0.108. The Kier molecular flexibility index (Phi) is 4.47. The van der Waals surface area contributed by atoms with Gasteiger partial charge in [-0.25, -0.2) is 4.98 Å². The van der Waals surface area contributed by atoms with Crippen LogP contribution < -0.4 is 10.9 Å². The molecule has 6 heteroatoms. The lowest BCUT2D eigenvalue weighted by Gasteiger charge is -2.13. The van der Waals surface area contributed by atoms with Gasteiger partial charge in [-0.3, -0.25) is 14.2 Å². The molecule has 0 aliphatic heterocycles. The minimum Gasteiger partial charge on any atom is -0.448 e. The number of fused-ring (bicyclic) bond motifs is 3. The number of benzene rings is 2. The van der Waals surface area contributed by atoms with Gasteiger partial charge in [0.05, 0.1) is 6.33 Å². The maximum atomic E-state index is 12.7. The molecule has 0 aliphatic rings. The standard InChI is InChI=1S/C22H21N3O3/c1-13-8-14(2)17(15(3)9-13)10-23-19(26)11-25-12-24-20-16-6-4-5-7-18(16)28-21(20)22(25)27/h4-9,12H,10-11H2,1-3H3,(H,23,26). The molecule has 0 fully saturated rings. The summed E-state index contributed by atoms with van der Waals surface area (Å²) in [5, 5.41) is 3.68. The third-order valence-corrected chi connectivity index (χ3v) is 4.97. The molecule has 0 atom stereocenters. The first-order chi connectivity index (χ1) is 13.4. The van der Waals surface area contributed by atoms with E-state index in [4.69, 9.17) is 4.42 Å². The van der Waals surface area contributed by atoms with Gasteiger partial charge >= 0.3 is 0 Å². The molecular formula is C22H21N3O3. The van der Waals surface area contributed by atoms with Crippen LogP contribution in [0.15, 0.2) is 51.9 Å². The normalized spacial score (nSPS) is 11.2. The van der Waals surface area contributed by atoms with E-state index in [2.05, 4.69) is 29.4 Å². The molecule has 6 nitrogen and oxygen atoms in total. The van der Waals surface area contributed by atoms with Crippen LogP contribution in [0.25, 0.3) is 22.1 Å². The van der Waals surface area contributed by atoms with Crippen LogP contribution in [0.2, 0.25) is 0 Å². The van der Waals surface area contributed by atoms with E-state index in [-0.39, 0.29) is 23.6 Å². The Balaban J connectivity index is 1.55. The average Bonchev–Trinajstić information content (AvgIpc) is 3.03. The predicted octanol–water partition coefficient (Wildman–Crippen LogP) is 3.38. The average molecular weight is 375 g/mol. The summed E-state index contributed by atoms with van der Waals surface area (Å²) < 4.78 is 6.92. The van der Waals surface area contributed by atoms with Gasteiger partial charge in [-0.05, 0) is 49.6 Å². The van der Waals surface area contributed by atoms with Gasteiger partial charge in [0, 0.05) is 11.9 Å². The highest BCUT2D eigenvalue weighted by Gasteiger charge is 2.14. The molecular weight excluding hydrogens is 354 g/mol. The molecule has 4 rings (SSSR count). The van der Waals surface area contributed by atoms with Gasteiger partial charge < -0.3 is 9.73 Å². The number of aromatic nitrogens is 2. The van der Waals surface area contributed by atoms with E-state index >= 15 is 0 Å². The first-order valence-electron chi connectivity index (χ1n) is 9.14. The van der Waals surface area contributed by atoms with Crippen molar-refractivity contribution >= 4 is 28.0 Å². The molecule has 2 aromatic heterocycles. The molecule has 4 aromatic rings. The molecule has 142 valence electrons. The summed E-state index contributed by atoms with van der Waals surface area (Å²) in [5.41, 5.74) is 5.50. The van der Waals surface area contributed by atoms with E-state index in [1.54, 1.807) is 6.07 Å². The fraction of sp³-hybridized carbons (Fsp3) is 0.227. The number of carbonyl (C=O) groups excluding carboxylic acids is 1. The number of hydrogen-bond acceptors (Lipinski definition) is 4. The highest BCUT2D eigenvalue weighted by Crippen LogP contribution is 2.24. The number of aryl methyl sites for hydroxylation is 3. The zero-order valence-corrected chi connectivity index (χ0v) is 16.1. The molecule has 0 spiro atoms. The Hall–Kier alpha value is -3.41. The van der Waals surface area contributed by atoms with Crippen molar-refractivity contribution in [3.8, 4) is 0 Å². The van der Waals surface area contributed by atoms with Crippen molar-refractivity contribution in [3.63, 3.8) is 0 Å². The van der Waals surface area contributed by atoms with Crippen molar-refractivity contribution in [2.75, 3.05) is 0 Å². The van der Waals surface area contributed by atoms with Crippen molar-refractivity contribution in [3.05, 3.63) is 75.3 Å². The largest absolute Gasteiger partial charge is 0.448 e. The van der Waals surface area contributed by atoms with Crippen LogP contribution in [0.4, 0.5) is 0 Å². The zero-order chi connectivity index (χ0) is 19.8. The summed E-state index contributed by atoms with van der Waals surface area (Å²) in [6.07, 6.45) is 1.40. The summed E-state index contributed by atoms with van der Waals surface area (Å²) in [6, 6.07) is 11.5. The quantitative estimate of drug-likeness (QED) is 0.593. The molecule has 0 saturated heterocycles. The molecule has 0 aliphatic carbocycles. The van der Waals surface area contributed by atoms with E-state index in [9.17, 15) is 9.59 Å². The van der Waals surface area contributed by atoms with Gasteiger partial charge in [0.15, 0.2) is 0 Å². The number of amides is 1. The third-order valence-electron chi connectivity index (χ3n) is 4.97. The van der Waals surface area contributed by atoms with Crippen molar-refractivity contribution < 1.29 is 9.21 Å². The first kappa shape index (κ1) is 18.0. The van der Waals surface area contributed by atoms with E-state index in [1.807, 2.05) is 32.0 Å². The summed E-state index contributed by atoms with van der Waals surface area (Å²) in [4.78, 5) is 29.4. The van der Waals surface area contributed by atoms with Crippen molar-refractivity contribution in [2.24, 2.45) is 0 Å². The number of para-hydroxylation sites is 1. The monoisotopic (exact) mass is 375 g/mol. The molecule has 0 saturated carbocycles. The lowest BCUT2D eigenvalue weighted by atomic mass is 10.00. The van der Waals surface area contributed by atoms with Gasteiger partial charge in [-0.2, -0.15) is 0 Å². The summed E-state index contributed by atoms with van der Waals surface area (Å²) in [6.45, 7) is 6.43. The van der Waals surface area contributed by atoms with E-state index in [0.717, 1.165) is 22.1 Å². The predicted molar refractivity (Wildman–Crippen MR) is 108 cm³/mol. The highest BCUT2D eigenvalue weighted by atomic mass is 16.3. The molecule has 0 bridgehead atoms. The Morgan fingerprint density at radius 3 is 2.61 bits per heavy atom. The van der Waals surface area contributed by atoms with E-state index in [0.29, 0.717) is 17.6 Å². The Morgan fingerprint density at radius 2 is 1.86 bits per heavy atom. The SMILES string of the molecule is Cc1cc(C)c(CNC(=O)Cn2cnc3c(oc4ccccc43)c2=O)c(C)c1. The number of carbonyl (C=O) groups is 1.